The van der Waals surface area contributed by atoms with Crippen molar-refractivity contribution in [1.82, 2.24) is 9.97 Å². The number of rotatable bonds is 4. The molecule has 126 valence electrons. The van der Waals surface area contributed by atoms with E-state index in [1.807, 2.05) is 37.3 Å². The number of amides is 1. The van der Waals surface area contributed by atoms with E-state index in [-0.39, 0.29) is 11.6 Å². The Labute approximate surface area is 147 Å². The van der Waals surface area contributed by atoms with Crippen LogP contribution < -0.4 is 10.6 Å². The molecule has 0 fully saturated rings. The van der Waals surface area contributed by atoms with Gasteiger partial charge in [0.25, 0.3) is 5.91 Å². The molecule has 5 nitrogen and oxygen atoms in total. The molecule has 25 heavy (non-hydrogen) atoms. The predicted molar refractivity (Wildman–Crippen MR) is 100 cm³/mol. The third-order valence-corrected chi connectivity index (χ3v) is 3.97. The molecule has 1 heterocycles. The summed E-state index contributed by atoms with van der Waals surface area (Å²) in [7, 11) is 0. The van der Waals surface area contributed by atoms with Crippen LogP contribution in [0.25, 0.3) is 0 Å². The Morgan fingerprint density at radius 3 is 2.20 bits per heavy atom. The second-order valence-corrected chi connectivity index (χ2v) is 6.03. The molecule has 0 spiro atoms. The average molecular weight is 332 g/mol. The van der Waals surface area contributed by atoms with Gasteiger partial charge in [0.05, 0.1) is 12.4 Å². The molecule has 0 unspecified atom stereocenters. The average Bonchev–Trinajstić information content (AvgIpc) is 2.61. The lowest BCUT2D eigenvalue weighted by Crippen LogP contribution is -2.14. The topological polar surface area (TPSA) is 66.9 Å². The van der Waals surface area contributed by atoms with Crippen molar-refractivity contribution in [3.8, 4) is 0 Å². The fraction of sp³-hybridized carbons (Fsp3) is 0.150. The minimum absolute atomic E-state index is 0.270. The number of carbonyl (C=O) groups excluding carboxylic acids is 1. The van der Waals surface area contributed by atoms with Crippen LogP contribution >= 0.6 is 0 Å². The largest absolute Gasteiger partial charge is 0.339 e. The van der Waals surface area contributed by atoms with E-state index < -0.39 is 0 Å². The van der Waals surface area contributed by atoms with Gasteiger partial charge in [-0.15, -0.1) is 0 Å². The summed E-state index contributed by atoms with van der Waals surface area (Å²) < 4.78 is 0. The SMILES string of the molecule is Cc1ccc(NC(=O)c2cnc(Nc3ccc(C)c(C)c3)cn2)cc1. The van der Waals surface area contributed by atoms with Gasteiger partial charge in [0.15, 0.2) is 0 Å². The predicted octanol–water partition coefficient (Wildman–Crippen LogP) is 4.40. The summed E-state index contributed by atoms with van der Waals surface area (Å²) in [5, 5.41) is 6.00. The number of aromatic nitrogens is 2. The van der Waals surface area contributed by atoms with E-state index in [0.717, 1.165) is 16.9 Å². The van der Waals surface area contributed by atoms with Gasteiger partial charge in [0, 0.05) is 11.4 Å². The van der Waals surface area contributed by atoms with E-state index >= 15 is 0 Å². The number of anilines is 3. The number of carbonyl (C=O) groups is 1. The standard InChI is InChI=1S/C20H20N4O/c1-13-4-7-16(8-5-13)24-20(25)18-11-22-19(12-21-18)23-17-9-6-14(2)15(3)10-17/h4-12H,1-3H3,(H,22,23)(H,24,25). The van der Waals surface area contributed by atoms with Crippen molar-refractivity contribution in [3.05, 3.63) is 77.2 Å². The first-order valence-electron chi connectivity index (χ1n) is 8.05. The number of aryl methyl sites for hydroxylation is 3. The Balaban J connectivity index is 1.67. The lowest BCUT2D eigenvalue weighted by atomic mass is 10.1. The molecule has 0 saturated heterocycles. The van der Waals surface area contributed by atoms with Gasteiger partial charge in [-0.1, -0.05) is 23.8 Å². The van der Waals surface area contributed by atoms with Crippen LogP contribution in [-0.4, -0.2) is 15.9 Å². The van der Waals surface area contributed by atoms with Crippen molar-refractivity contribution in [2.24, 2.45) is 0 Å². The maximum Gasteiger partial charge on any atom is 0.275 e. The van der Waals surface area contributed by atoms with Gasteiger partial charge in [-0.2, -0.15) is 0 Å². The minimum Gasteiger partial charge on any atom is -0.339 e. The molecule has 0 aliphatic heterocycles. The van der Waals surface area contributed by atoms with Crippen LogP contribution in [0.1, 0.15) is 27.2 Å². The molecule has 0 radical (unpaired) electrons. The van der Waals surface area contributed by atoms with E-state index in [9.17, 15) is 4.79 Å². The Kier molecular flexibility index (Phi) is 4.75. The van der Waals surface area contributed by atoms with E-state index in [1.54, 1.807) is 6.20 Å². The minimum atomic E-state index is -0.283. The maximum absolute atomic E-state index is 12.2. The van der Waals surface area contributed by atoms with E-state index in [1.165, 1.54) is 17.3 Å². The van der Waals surface area contributed by atoms with Gasteiger partial charge in [-0.25, -0.2) is 9.97 Å². The van der Waals surface area contributed by atoms with Gasteiger partial charge in [0.1, 0.15) is 11.5 Å². The maximum atomic E-state index is 12.2. The second kappa shape index (κ2) is 7.13. The quantitative estimate of drug-likeness (QED) is 0.743. The normalized spacial score (nSPS) is 10.4. The van der Waals surface area contributed by atoms with Gasteiger partial charge >= 0.3 is 0 Å². The zero-order chi connectivity index (χ0) is 17.8. The van der Waals surface area contributed by atoms with Crippen molar-refractivity contribution >= 4 is 23.1 Å². The van der Waals surface area contributed by atoms with Crippen molar-refractivity contribution < 1.29 is 4.79 Å². The summed E-state index contributed by atoms with van der Waals surface area (Å²) in [4.78, 5) is 20.7. The molecule has 0 aliphatic carbocycles. The molecule has 5 heteroatoms. The molecule has 0 bridgehead atoms. The number of hydrogen-bond acceptors (Lipinski definition) is 4. The molecule has 2 N–H and O–H groups in total. The summed E-state index contributed by atoms with van der Waals surface area (Å²) in [6, 6.07) is 13.7. The third-order valence-electron chi connectivity index (χ3n) is 3.97. The zero-order valence-electron chi connectivity index (χ0n) is 14.5. The number of benzene rings is 2. The smallest absolute Gasteiger partial charge is 0.275 e. The molecule has 3 rings (SSSR count). The van der Waals surface area contributed by atoms with Crippen LogP contribution in [0.2, 0.25) is 0 Å². The first-order chi connectivity index (χ1) is 12.0. The summed E-state index contributed by atoms with van der Waals surface area (Å²) in [6.45, 7) is 6.13. The number of nitrogens with zero attached hydrogens (tertiary/aromatic N) is 2. The zero-order valence-corrected chi connectivity index (χ0v) is 14.5. The van der Waals surface area contributed by atoms with Crippen LogP contribution in [-0.2, 0) is 0 Å². The van der Waals surface area contributed by atoms with Crippen molar-refractivity contribution in [2.45, 2.75) is 20.8 Å². The van der Waals surface area contributed by atoms with E-state index in [4.69, 9.17) is 0 Å². The van der Waals surface area contributed by atoms with Crippen LogP contribution in [0.4, 0.5) is 17.2 Å². The molecule has 2 aromatic carbocycles. The fourth-order valence-corrected chi connectivity index (χ4v) is 2.31. The van der Waals surface area contributed by atoms with Crippen LogP contribution in [0, 0.1) is 20.8 Å². The first-order valence-corrected chi connectivity index (χ1v) is 8.05. The van der Waals surface area contributed by atoms with Crippen LogP contribution in [0.5, 0.6) is 0 Å². The Morgan fingerprint density at radius 1 is 0.840 bits per heavy atom. The highest BCUT2D eigenvalue weighted by Crippen LogP contribution is 2.18. The van der Waals surface area contributed by atoms with Gasteiger partial charge in [-0.05, 0) is 56.2 Å². The molecule has 3 aromatic rings. The van der Waals surface area contributed by atoms with Gasteiger partial charge in [0.2, 0.25) is 0 Å². The van der Waals surface area contributed by atoms with Crippen LogP contribution in [0.15, 0.2) is 54.9 Å². The summed E-state index contributed by atoms with van der Waals surface area (Å²) in [5.41, 5.74) is 5.52. The lowest BCUT2D eigenvalue weighted by Gasteiger charge is -2.08. The van der Waals surface area contributed by atoms with Gasteiger partial charge in [-0.3, -0.25) is 4.79 Å². The molecular formula is C20H20N4O. The third kappa shape index (κ3) is 4.20. The molecule has 1 aromatic heterocycles. The van der Waals surface area contributed by atoms with Crippen molar-refractivity contribution in [3.63, 3.8) is 0 Å². The van der Waals surface area contributed by atoms with Gasteiger partial charge < -0.3 is 10.6 Å². The lowest BCUT2D eigenvalue weighted by molar-refractivity contribution is 0.102. The Hall–Kier alpha value is -3.21. The Bertz CT molecular complexity index is 887. The summed E-state index contributed by atoms with van der Waals surface area (Å²) in [5.74, 6) is 0.309. The van der Waals surface area contributed by atoms with Crippen molar-refractivity contribution in [2.75, 3.05) is 10.6 Å². The fourth-order valence-electron chi connectivity index (χ4n) is 2.31. The van der Waals surface area contributed by atoms with Crippen molar-refractivity contribution in [1.29, 1.82) is 0 Å². The molecular weight excluding hydrogens is 312 g/mol. The second-order valence-electron chi connectivity index (χ2n) is 6.03. The highest BCUT2D eigenvalue weighted by molar-refractivity contribution is 6.02. The van der Waals surface area contributed by atoms with E-state index in [2.05, 4.69) is 46.6 Å². The molecule has 0 atom stereocenters. The molecule has 0 saturated carbocycles. The van der Waals surface area contributed by atoms with E-state index in [0.29, 0.717) is 5.82 Å². The first kappa shape index (κ1) is 16.6. The molecule has 1 amide bonds. The monoisotopic (exact) mass is 332 g/mol. The summed E-state index contributed by atoms with van der Waals surface area (Å²) >= 11 is 0. The van der Waals surface area contributed by atoms with Crippen LogP contribution in [0.3, 0.4) is 0 Å². The highest BCUT2D eigenvalue weighted by Gasteiger charge is 2.08. The highest BCUT2D eigenvalue weighted by atomic mass is 16.1. The Morgan fingerprint density at radius 2 is 1.56 bits per heavy atom. The summed E-state index contributed by atoms with van der Waals surface area (Å²) in [6.07, 6.45) is 3.02. The molecule has 0 aliphatic rings. The number of hydrogen-bond donors (Lipinski definition) is 2. The number of nitrogens with one attached hydrogen (secondary N) is 2.